The molecule has 0 spiro atoms. The largest absolute Gasteiger partial charge is 0.477 e. The molecular weight excluding hydrogens is 320 g/mol. The van der Waals surface area contributed by atoms with Crippen molar-refractivity contribution < 1.29 is 20.1 Å². The minimum absolute atomic E-state index is 0.0590. The number of aliphatic hydroxyl groups is 3. The number of nitrogen functional groups attached to an aromatic ring is 1. The summed E-state index contributed by atoms with van der Waals surface area (Å²) in [4.78, 5) is 3.97. The fourth-order valence-electron chi connectivity index (χ4n) is 1.19. The summed E-state index contributed by atoms with van der Waals surface area (Å²) in [6.07, 6.45) is 1.01. The van der Waals surface area contributed by atoms with E-state index in [1.165, 1.54) is 0 Å². The van der Waals surface area contributed by atoms with Crippen molar-refractivity contribution >= 4 is 5.82 Å². The van der Waals surface area contributed by atoms with E-state index in [-0.39, 0.29) is 6.61 Å². The molecule has 0 fully saturated rings. The van der Waals surface area contributed by atoms with Crippen LogP contribution < -0.4 is 10.5 Å². The fraction of sp³-hybridized carbons (Fsp3) is 0.737. The molecule has 0 saturated heterocycles. The van der Waals surface area contributed by atoms with Crippen LogP contribution in [0.2, 0.25) is 0 Å². The number of pyridine rings is 1. The van der Waals surface area contributed by atoms with Gasteiger partial charge in [-0.2, -0.15) is 4.98 Å². The van der Waals surface area contributed by atoms with Crippen molar-refractivity contribution in [2.45, 2.75) is 79.4 Å². The van der Waals surface area contributed by atoms with Crippen LogP contribution in [0.4, 0.5) is 5.82 Å². The van der Waals surface area contributed by atoms with Crippen LogP contribution in [0, 0.1) is 0 Å². The lowest BCUT2D eigenvalue weighted by Gasteiger charge is -2.16. The molecule has 6 heteroatoms. The van der Waals surface area contributed by atoms with E-state index < -0.39 is 11.2 Å². The van der Waals surface area contributed by atoms with Crippen molar-refractivity contribution in [3.8, 4) is 5.88 Å². The van der Waals surface area contributed by atoms with Crippen LogP contribution in [-0.2, 0) is 0 Å². The molecule has 0 saturated carbocycles. The third-order valence-corrected chi connectivity index (χ3v) is 2.43. The van der Waals surface area contributed by atoms with Crippen LogP contribution in [0.15, 0.2) is 18.2 Å². The number of rotatable bonds is 6. The maximum atomic E-state index is 9.43. The Morgan fingerprint density at radius 1 is 0.960 bits per heavy atom. The zero-order valence-corrected chi connectivity index (χ0v) is 17.3. The Kier molecular flexibility index (Phi) is 18.3. The maximum absolute atomic E-state index is 9.43. The first kappa shape index (κ1) is 28.4. The number of nitrogens with two attached hydrogens (primary N) is 1. The molecule has 150 valence electrons. The lowest BCUT2D eigenvalue weighted by atomic mass is 10.1. The lowest BCUT2D eigenvalue weighted by Crippen LogP contribution is -2.21. The third kappa shape index (κ3) is 25.0. The van der Waals surface area contributed by atoms with Crippen LogP contribution in [0.25, 0.3) is 0 Å². The molecule has 25 heavy (non-hydrogen) atoms. The minimum Gasteiger partial charge on any atom is -0.477 e. The average molecular weight is 361 g/mol. The number of hydrogen-bond donors (Lipinski definition) is 4. The Balaban J connectivity index is -0.000000372. The van der Waals surface area contributed by atoms with Crippen LogP contribution in [0.1, 0.15) is 68.2 Å². The Morgan fingerprint density at radius 2 is 1.44 bits per heavy atom. The van der Waals surface area contributed by atoms with E-state index in [1.807, 2.05) is 27.7 Å². The predicted octanol–water partition coefficient (Wildman–Crippen LogP) is 3.40. The van der Waals surface area contributed by atoms with Gasteiger partial charge in [-0.15, -0.1) is 0 Å². The van der Waals surface area contributed by atoms with Crippen molar-refractivity contribution in [3.05, 3.63) is 18.2 Å². The second-order valence-electron chi connectivity index (χ2n) is 6.10. The topological polar surface area (TPSA) is 109 Å². The number of aromatic nitrogens is 1. The van der Waals surface area contributed by atoms with Gasteiger partial charge in [0.25, 0.3) is 0 Å². The van der Waals surface area contributed by atoms with Crippen LogP contribution >= 0.6 is 0 Å². The quantitative estimate of drug-likeness (QED) is 0.619. The molecule has 0 amide bonds. The van der Waals surface area contributed by atoms with Gasteiger partial charge in [0.1, 0.15) is 5.82 Å². The minimum atomic E-state index is -0.708. The lowest BCUT2D eigenvalue weighted by molar-refractivity contribution is 0.0513. The fourth-order valence-corrected chi connectivity index (χ4v) is 1.19. The maximum Gasteiger partial charge on any atom is 0.215 e. The molecule has 0 radical (unpaired) electrons. The number of nitrogens with zero attached hydrogens (tertiary/aromatic N) is 1. The molecule has 1 aromatic rings. The molecule has 0 unspecified atom stereocenters. The molecule has 0 atom stereocenters. The van der Waals surface area contributed by atoms with Gasteiger partial charge >= 0.3 is 0 Å². The molecule has 1 rings (SSSR count). The van der Waals surface area contributed by atoms with E-state index in [1.54, 1.807) is 45.9 Å². The summed E-state index contributed by atoms with van der Waals surface area (Å²) < 4.78 is 5.31. The third-order valence-electron chi connectivity index (χ3n) is 2.43. The summed E-state index contributed by atoms with van der Waals surface area (Å²) in [6, 6.07) is 5.21. The summed E-state index contributed by atoms with van der Waals surface area (Å²) in [5.41, 5.74) is 4.07. The van der Waals surface area contributed by atoms with E-state index >= 15 is 0 Å². The number of ether oxygens (including phenoxy) is 1. The van der Waals surface area contributed by atoms with Gasteiger partial charge in [0.2, 0.25) is 5.88 Å². The highest BCUT2D eigenvalue weighted by Crippen LogP contribution is 2.11. The molecule has 0 aromatic carbocycles. The zero-order valence-electron chi connectivity index (χ0n) is 17.3. The van der Waals surface area contributed by atoms with Crippen LogP contribution in [-0.4, -0.2) is 44.7 Å². The van der Waals surface area contributed by atoms with Crippen LogP contribution in [0.5, 0.6) is 5.88 Å². The molecule has 1 aromatic heterocycles. The molecule has 6 nitrogen and oxygen atoms in total. The number of hydrogen-bond acceptors (Lipinski definition) is 6. The number of anilines is 1. The highest BCUT2D eigenvalue weighted by molar-refractivity contribution is 5.30. The SMILES string of the molecule is CC.CC.CC(C)(O)CCO.CC(C)(O)CCOc1cccc(N)n1. The molecule has 0 bridgehead atoms. The Bertz CT molecular complexity index is 399. The van der Waals surface area contributed by atoms with Crippen molar-refractivity contribution in [1.82, 2.24) is 4.98 Å². The molecule has 0 aliphatic rings. The van der Waals surface area contributed by atoms with E-state index in [0.717, 1.165) is 0 Å². The Hall–Kier alpha value is -1.37. The van der Waals surface area contributed by atoms with Crippen LogP contribution in [0.3, 0.4) is 0 Å². The zero-order chi connectivity index (χ0) is 20.5. The highest BCUT2D eigenvalue weighted by atomic mass is 16.5. The van der Waals surface area contributed by atoms with Crippen molar-refractivity contribution in [3.63, 3.8) is 0 Å². The normalized spacial score (nSPS) is 10.2. The van der Waals surface area contributed by atoms with Gasteiger partial charge in [-0.05, 0) is 40.2 Å². The molecule has 1 heterocycles. The van der Waals surface area contributed by atoms with Gasteiger partial charge in [-0.25, -0.2) is 0 Å². The first-order chi connectivity index (χ1) is 11.5. The monoisotopic (exact) mass is 360 g/mol. The second kappa shape index (κ2) is 16.1. The summed E-state index contributed by atoms with van der Waals surface area (Å²) >= 11 is 0. The number of aliphatic hydroxyl groups excluding tert-OH is 1. The summed E-state index contributed by atoms with van der Waals surface area (Å²) in [7, 11) is 0. The van der Waals surface area contributed by atoms with Crippen molar-refractivity contribution in [2.24, 2.45) is 0 Å². The van der Waals surface area contributed by atoms with Crippen molar-refractivity contribution in [1.29, 1.82) is 0 Å². The van der Waals surface area contributed by atoms with E-state index in [0.29, 0.717) is 31.1 Å². The van der Waals surface area contributed by atoms with E-state index in [9.17, 15) is 5.11 Å². The first-order valence-electron chi connectivity index (χ1n) is 8.94. The van der Waals surface area contributed by atoms with Gasteiger partial charge in [0.05, 0.1) is 17.8 Å². The smallest absolute Gasteiger partial charge is 0.215 e. The van der Waals surface area contributed by atoms with E-state index in [2.05, 4.69) is 4.98 Å². The van der Waals surface area contributed by atoms with E-state index in [4.69, 9.17) is 20.7 Å². The van der Waals surface area contributed by atoms with Gasteiger partial charge in [-0.1, -0.05) is 33.8 Å². The standard InChI is InChI=1S/C10H16N2O2.C5H12O2.2C2H6/c1-10(2,13)6-7-14-9-5-3-4-8(11)12-9;1-5(2,7)3-4-6;2*1-2/h3-5,13H,6-7H2,1-2H3,(H2,11,12);6-7H,3-4H2,1-2H3;2*1-2H3. The Labute approximate surface area is 154 Å². The van der Waals surface area contributed by atoms with Gasteiger partial charge in [0.15, 0.2) is 0 Å². The predicted molar refractivity (Wildman–Crippen MR) is 106 cm³/mol. The second-order valence-corrected chi connectivity index (χ2v) is 6.10. The average Bonchev–Trinajstić information content (AvgIpc) is 2.49. The Morgan fingerprint density at radius 3 is 1.76 bits per heavy atom. The molecule has 5 N–H and O–H groups in total. The van der Waals surface area contributed by atoms with Gasteiger partial charge < -0.3 is 25.8 Å². The molecular formula is C19H40N2O4. The first-order valence-corrected chi connectivity index (χ1v) is 8.94. The van der Waals surface area contributed by atoms with Gasteiger partial charge in [0, 0.05) is 19.1 Å². The van der Waals surface area contributed by atoms with Gasteiger partial charge in [-0.3, -0.25) is 0 Å². The molecule has 0 aliphatic heterocycles. The summed E-state index contributed by atoms with van der Waals surface area (Å²) in [5.74, 6) is 0.931. The summed E-state index contributed by atoms with van der Waals surface area (Å²) in [5, 5.41) is 26.5. The van der Waals surface area contributed by atoms with Crippen molar-refractivity contribution in [2.75, 3.05) is 18.9 Å². The summed E-state index contributed by atoms with van der Waals surface area (Å²) in [6.45, 7) is 15.3. The highest BCUT2D eigenvalue weighted by Gasteiger charge is 2.12. The molecule has 0 aliphatic carbocycles.